The molecule has 0 fully saturated rings. The Kier molecular flexibility index (Phi) is 5.66. The summed E-state index contributed by atoms with van der Waals surface area (Å²) >= 11 is 2.59. The fraction of sp³-hybridized carbons (Fsp3) is 0.294. The second-order valence-corrected chi connectivity index (χ2v) is 8.20. The molecule has 0 unspecified atom stereocenters. The molecule has 1 aromatic carbocycles. The number of amides is 2. The maximum Gasteiger partial charge on any atom is 0.338 e. The third-order valence-corrected chi connectivity index (χ3v) is 5.97. The summed E-state index contributed by atoms with van der Waals surface area (Å²) in [6.07, 6.45) is 0. The Labute approximate surface area is 164 Å². The number of nitrogens with one attached hydrogen (secondary N) is 2. The van der Waals surface area contributed by atoms with Crippen LogP contribution in [0.15, 0.2) is 33.8 Å². The number of hydrogen-bond acceptors (Lipinski definition) is 8. The van der Waals surface area contributed by atoms with Crippen molar-refractivity contribution in [2.24, 2.45) is 0 Å². The van der Waals surface area contributed by atoms with E-state index in [-0.39, 0.29) is 6.03 Å². The third kappa shape index (κ3) is 4.22. The number of nitrogens with zero attached hydrogens (tertiary/aromatic N) is 2. The lowest BCUT2D eigenvalue weighted by Crippen LogP contribution is -2.46. The summed E-state index contributed by atoms with van der Waals surface area (Å²) in [7, 11) is 1.32. The molecule has 8 nitrogen and oxygen atoms in total. The molecule has 2 heterocycles. The molecule has 10 heteroatoms. The summed E-state index contributed by atoms with van der Waals surface area (Å²) in [5.74, 6) is -0.173. The van der Waals surface area contributed by atoms with Crippen LogP contribution in [0.2, 0.25) is 0 Å². The first-order valence-corrected chi connectivity index (χ1v) is 9.87. The molecule has 4 N–H and O–H groups in total. The van der Waals surface area contributed by atoms with E-state index in [9.17, 15) is 9.59 Å². The minimum absolute atomic E-state index is 0.327. The first-order chi connectivity index (χ1) is 12.9. The van der Waals surface area contributed by atoms with Gasteiger partial charge < -0.3 is 21.1 Å². The largest absolute Gasteiger partial charge is 0.466 e. The van der Waals surface area contributed by atoms with E-state index in [2.05, 4.69) is 20.8 Å². The molecule has 2 aromatic rings. The molecule has 1 aromatic heterocycles. The number of nitrogen functional groups attached to an aromatic ring is 1. The molecule has 27 heavy (non-hydrogen) atoms. The smallest absolute Gasteiger partial charge is 0.338 e. The predicted molar refractivity (Wildman–Crippen MR) is 104 cm³/mol. The van der Waals surface area contributed by atoms with Crippen LogP contribution in [-0.4, -0.2) is 35.1 Å². The Bertz CT molecular complexity index is 925. The number of carbonyl (C=O) groups excluding carboxylic acids is 2. The van der Waals surface area contributed by atoms with Crippen molar-refractivity contribution in [2.45, 2.75) is 24.2 Å². The molecule has 0 bridgehead atoms. The number of aryl methyl sites for hydroxylation is 2. The van der Waals surface area contributed by atoms with Crippen LogP contribution in [-0.2, 0) is 9.53 Å². The topological polar surface area (TPSA) is 119 Å². The summed E-state index contributed by atoms with van der Waals surface area (Å²) in [5.41, 5.74) is 9.38. The minimum Gasteiger partial charge on any atom is -0.466 e. The molecule has 1 aliphatic rings. The van der Waals surface area contributed by atoms with E-state index in [1.54, 1.807) is 0 Å². The van der Waals surface area contributed by atoms with E-state index in [4.69, 9.17) is 10.5 Å². The van der Waals surface area contributed by atoms with Crippen molar-refractivity contribution in [3.63, 3.8) is 0 Å². The molecule has 3 rings (SSSR count). The first kappa shape index (κ1) is 19.2. The van der Waals surface area contributed by atoms with Crippen molar-refractivity contribution in [3.8, 4) is 0 Å². The van der Waals surface area contributed by atoms with Gasteiger partial charge in [0.05, 0.1) is 18.7 Å². The number of anilines is 1. The number of carbonyl (C=O) groups is 2. The molecule has 0 aliphatic carbocycles. The average Bonchev–Trinajstić information content (AvgIpc) is 3.04. The van der Waals surface area contributed by atoms with E-state index in [0.717, 1.165) is 16.7 Å². The number of benzene rings is 1. The number of aromatic nitrogens is 2. The Morgan fingerprint density at radius 3 is 2.78 bits per heavy atom. The van der Waals surface area contributed by atoms with E-state index < -0.39 is 12.0 Å². The molecule has 0 saturated carbocycles. The number of esters is 1. The number of ether oxygens (including phenoxy) is 1. The molecular weight excluding hydrogens is 386 g/mol. The van der Waals surface area contributed by atoms with Crippen molar-refractivity contribution in [1.29, 1.82) is 0 Å². The zero-order valence-electron chi connectivity index (χ0n) is 15.0. The number of hydrogen-bond donors (Lipinski definition) is 3. The molecule has 0 radical (unpaired) electrons. The van der Waals surface area contributed by atoms with Gasteiger partial charge in [-0.2, -0.15) is 0 Å². The van der Waals surface area contributed by atoms with Gasteiger partial charge in [0.2, 0.25) is 5.13 Å². The lowest BCUT2D eigenvalue weighted by molar-refractivity contribution is -0.136. The first-order valence-electron chi connectivity index (χ1n) is 8.07. The quantitative estimate of drug-likeness (QED) is 0.516. The van der Waals surface area contributed by atoms with Gasteiger partial charge in [0.1, 0.15) is 0 Å². The van der Waals surface area contributed by atoms with E-state index in [0.29, 0.717) is 26.5 Å². The van der Waals surface area contributed by atoms with Crippen LogP contribution < -0.4 is 16.4 Å². The molecule has 0 spiro atoms. The van der Waals surface area contributed by atoms with E-state index in [1.807, 2.05) is 32.0 Å². The predicted octanol–water partition coefficient (Wildman–Crippen LogP) is 2.31. The highest BCUT2D eigenvalue weighted by molar-refractivity contribution is 8.01. The highest BCUT2D eigenvalue weighted by atomic mass is 32.2. The standard InChI is InChI=1S/C17H19N5O3S2/c1-8-4-5-10(9(2)6-8)13-12(14(23)25-3)11(19-16(24)20-13)7-26-17-22-21-15(18)27-17/h4-6,13H,7H2,1-3H3,(H2,18,21)(H2,19,20,24)/t13-/m0/s1. The molecule has 1 aliphatic heterocycles. The third-order valence-electron chi connectivity index (χ3n) is 4.06. The average molecular weight is 406 g/mol. The fourth-order valence-corrected chi connectivity index (χ4v) is 4.48. The van der Waals surface area contributed by atoms with Gasteiger partial charge in [0, 0.05) is 11.4 Å². The molecule has 142 valence electrons. The minimum atomic E-state index is -0.595. The highest BCUT2D eigenvalue weighted by Gasteiger charge is 2.34. The van der Waals surface area contributed by atoms with Crippen LogP contribution in [0.5, 0.6) is 0 Å². The zero-order chi connectivity index (χ0) is 19.6. The molecule has 1 atom stereocenters. The SMILES string of the molecule is COC(=O)C1=C(CSc2nnc(N)s2)NC(=O)N[C@H]1c1ccc(C)cc1C. The Hall–Kier alpha value is -2.59. The number of urea groups is 1. The Morgan fingerprint density at radius 1 is 1.37 bits per heavy atom. The number of nitrogens with two attached hydrogens (primary N) is 1. The van der Waals surface area contributed by atoms with Gasteiger partial charge in [-0.3, -0.25) is 0 Å². The summed E-state index contributed by atoms with van der Waals surface area (Å²) in [6.45, 7) is 3.94. The Morgan fingerprint density at radius 2 is 2.15 bits per heavy atom. The second kappa shape index (κ2) is 7.97. The van der Waals surface area contributed by atoms with Crippen LogP contribution in [0.1, 0.15) is 22.7 Å². The number of rotatable bonds is 5. The van der Waals surface area contributed by atoms with E-state index in [1.165, 1.54) is 30.2 Å². The summed E-state index contributed by atoms with van der Waals surface area (Å²) in [4.78, 5) is 24.8. The maximum absolute atomic E-state index is 12.5. The molecule has 0 saturated heterocycles. The maximum atomic E-state index is 12.5. The summed E-state index contributed by atoms with van der Waals surface area (Å²) in [5, 5.41) is 13.6. The van der Waals surface area contributed by atoms with Crippen LogP contribution >= 0.6 is 23.1 Å². The van der Waals surface area contributed by atoms with Gasteiger partial charge >= 0.3 is 12.0 Å². The summed E-state index contributed by atoms with van der Waals surface area (Å²) < 4.78 is 5.64. The van der Waals surface area contributed by atoms with Crippen molar-refractivity contribution >= 4 is 40.2 Å². The monoisotopic (exact) mass is 405 g/mol. The van der Waals surface area contributed by atoms with Gasteiger partial charge in [-0.25, -0.2) is 9.59 Å². The molecular formula is C17H19N5O3S2. The van der Waals surface area contributed by atoms with E-state index >= 15 is 0 Å². The van der Waals surface area contributed by atoms with Crippen LogP contribution in [0.25, 0.3) is 0 Å². The normalized spacial score (nSPS) is 16.7. The van der Waals surface area contributed by atoms with Crippen LogP contribution in [0.3, 0.4) is 0 Å². The zero-order valence-corrected chi connectivity index (χ0v) is 16.7. The van der Waals surface area contributed by atoms with Crippen molar-refractivity contribution in [3.05, 3.63) is 46.2 Å². The van der Waals surface area contributed by atoms with Gasteiger partial charge in [-0.1, -0.05) is 46.9 Å². The number of thioether (sulfide) groups is 1. The van der Waals surface area contributed by atoms with Crippen molar-refractivity contribution < 1.29 is 14.3 Å². The van der Waals surface area contributed by atoms with Crippen molar-refractivity contribution in [2.75, 3.05) is 18.6 Å². The lowest BCUT2D eigenvalue weighted by atomic mass is 9.91. The molecule has 2 amide bonds. The second-order valence-electron chi connectivity index (χ2n) is 5.97. The highest BCUT2D eigenvalue weighted by Crippen LogP contribution is 2.33. The lowest BCUT2D eigenvalue weighted by Gasteiger charge is -2.30. The van der Waals surface area contributed by atoms with Gasteiger partial charge in [-0.05, 0) is 25.0 Å². The summed E-state index contributed by atoms with van der Waals surface area (Å²) in [6, 6.07) is 4.91. The Balaban J connectivity index is 2.00. The number of methoxy groups -OCH3 is 1. The van der Waals surface area contributed by atoms with Gasteiger partial charge in [-0.15, -0.1) is 10.2 Å². The van der Waals surface area contributed by atoms with Gasteiger partial charge in [0.25, 0.3) is 0 Å². The fourth-order valence-electron chi connectivity index (χ4n) is 2.88. The van der Waals surface area contributed by atoms with Crippen LogP contribution in [0, 0.1) is 13.8 Å². The van der Waals surface area contributed by atoms with Crippen molar-refractivity contribution in [1.82, 2.24) is 20.8 Å². The van der Waals surface area contributed by atoms with Gasteiger partial charge in [0.15, 0.2) is 4.34 Å². The van der Waals surface area contributed by atoms with Crippen LogP contribution in [0.4, 0.5) is 9.93 Å².